The van der Waals surface area contributed by atoms with E-state index in [1.807, 2.05) is 0 Å². The lowest BCUT2D eigenvalue weighted by Crippen LogP contribution is -2.59. The second-order valence-corrected chi connectivity index (χ2v) is 5.55. The van der Waals surface area contributed by atoms with E-state index in [0.717, 1.165) is 0 Å². The minimum Gasteiger partial charge on any atom is -0.480 e. The zero-order valence-electron chi connectivity index (χ0n) is 12.5. The number of nitrogens with zero attached hydrogens (tertiary/aromatic N) is 1. The van der Waals surface area contributed by atoms with Crippen molar-refractivity contribution in [2.75, 3.05) is 19.6 Å². The largest absolute Gasteiger partial charge is 0.480 e. The maximum Gasteiger partial charge on any atom is 0.322 e. The Morgan fingerprint density at radius 2 is 1.90 bits per heavy atom. The molecule has 1 aliphatic heterocycles. The number of carbonyl (C=O) groups excluding carboxylic acids is 2. The van der Waals surface area contributed by atoms with E-state index in [4.69, 9.17) is 5.11 Å². The van der Waals surface area contributed by atoms with Crippen LogP contribution in [0.5, 0.6) is 0 Å². The van der Waals surface area contributed by atoms with E-state index in [-0.39, 0.29) is 18.4 Å². The molecule has 120 valence electrons. The number of hydrogen-bond acceptors (Lipinski definition) is 5. The molecule has 8 nitrogen and oxygen atoms in total. The van der Waals surface area contributed by atoms with Gasteiger partial charge in [-0.2, -0.15) is 0 Å². The Balaban J connectivity index is 2.57. The van der Waals surface area contributed by atoms with Crippen LogP contribution in [0.3, 0.4) is 0 Å². The quantitative estimate of drug-likeness (QED) is 0.485. The molecule has 1 rings (SSSR count). The normalized spacial score (nSPS) is 21.8. The lowest BCUT2D eigenvalue weighted by molar-refractivity contribution is -0.144. The summed E-state index contributed by atoms with van der Waals surface area (Å²) in [6.45, 7) is 5.74. The molecule has 1 unspecified atom stereocenters. The second-order valence-electron chi connectivity index (χ2n) is 5.55. The minimum atomic E-state index is -1.17. The van der Waals surface area contributed by atoms with Gasteiger partial charge in [-0.15, -0.1) is 0 Å². The minimum absolute atomic E-state index is 0.0567. The van der Waals surface area contributed by atoms with Gasteiger partial charge >= 0.3 is 5.97 Å². The fourth-order valence-electron chi connectivity index (χ4n) is 2.05. The van der Waals surface area contributed by atoms with E-state index in [1.54, 1.807) is 13.8 Å². The Hall–Kier alpha value is -1.67. The Morgan fingerprint density at radius 3 is 2.43 bits per heavy atom. The van der Waals surface area contributed by atoms with Gasteiger partial charge in [0, 0.05) is 19.6 Å². The van der Waals surface area contributed by atoms with Crippen molar-refractivity contribution in [3.8, 4) is 0 Å². The number of aliphatic carboxylic acids is 1. The Morgan fingerprint density at radius 1 is 1.29 bits per heavy atom. The first-order valence-corrected chi connectivity index (χ1v) is 6.97. The van der Waals surface area contributed by atoms with Crippen LogP contribution in [-0.4, -0.2) is 70.7 Å². The lowest BCUT2D eigenvalue weighted by atomic mass is 10.1. The third kappa shape index (κ3) is 4.68. The molecule has 21 heavy (non-hydrogen) atoms. The van der Waals surface area contributed by atoms with Crippen LogP contribution < -0.4 is 10.6 Å². The van der Waals surface area contributed by atoms with Crippen LogP contribution in [0.15, 0.2) is 0 Å². The molecule has 0 aromatic carbocycles. The van der Waals surface area contributed by atoms with E-state index in [9.17, 15) is 19.5 Å². The number of amides is 2. The van der Waals surface area contributed by atoms with Gasteiger partial charge in [0.25, 0.3) is 0 Å². The molecular formula is C13H23N3O5. The maximum atomic E-state index is 12.2. The number of carboxylic acids is 1. The first kappa shape index (κ1) is 17.4. The summed E-state index contributed by atoms with van der Waals surface area (Å²) in [7, 11) is 0. The zero-order valence-corrected chi connectivity index (χ0v) is 12.5. The molecule has 1 heterocycles. The molecule has 0 aromatic heterocycles. The first-order chi connectivity index (χ1) is 9.73. The number of hydrogen-bond donors (Lipinski definition) is 4. The van der Waals surface area contributed by atoms with Crippen LogP contribution in [0.25, 0.3) is 0 Å². The fourth-order valence-corrected chi connectivity index (χ4v) is 2.05. The van der Waals surface area contributed by atoms with E-state index < -0.39 is 30.1 Å². The SMILES string of the molecule is CC(C)[C@H](O)C(=O)N[C@@H](C)C(=O)N1CCNC(C(=O)O)C1. The topological polar surface area (TPSA) is 119 Å². The highest BCUT2D eigenvalue weighted by Crippen LogP contribution is 2.05. The van der Waals surface area contributed by atoms with Crippen molar-refractivity contribution in [2.24, 2.45) is 5.92 Å². The molecule has 0 aliphatic carbocycles. The van der Waals surface area contributed by atoms with Gasteiger partial charge in [0.05, 0.1) is 0 Å². The van der Waals surface area contributed by atoms with Crippen molar-refractivity contribution in [1.82, 2.24) is 15.5 Å². The molecule has 0 bridgehead atoms. The molecule has 3 atom stereocenters. The molecule has 0 saturated carbocycles. The summed E-state index contributed by atoms with van der Waals surface area (Å²) >= 11 is 0. The van der Waals surface area contributed by atoms with E-state index in [0.29, 0.717) is 13.1 Å². The summed E-state index contributed by atoms with van der Waals surface area (Å²) in [6.07, 6.45) is -1.17. The van der Waals surface area contributed by atoms with E-state index in [2.05, 4.69) is 10.6 Å². The summed E-state index contributed by atoms with van der Waals surface area (Å²) in [6, 6.07) is -1.61. The predicted octanol–water partition coefficient (Wildman–Crippen LogP) is -1.61. The lowest BCUT2D eigenvalue weighted by Gasteiger charge is -2.33. The van der Waals surface area contributed by atoms with Gasteiger partial charge in [0.2, 0.25) is 11.8 Å². The van der Waals surface area contributed by atoms with Crippen molar-refractivity contribution in [3.63, 3.8) is 0 Å². The monoisotopic (exact) mass is 301 g/mol. The van der Waals surface area contributed by atoms with Crippen LogP contribution in [0, 0.1) is 5.92 Å². The number of carbonyl (C=O) groups is 3. The van der Waals surface area contributed by atoms with E-state index in [1.165, 1.54) is 11.8 Å². The third-order valence-corrected chi connectivity index (χ3v) is 3.41. The van der Waals surface area contributed by atoms with Gasteiger partial charge in [-0.1, -0.05) is 13.8 Å². The molecule has 0 radical (unpaired) electrons. The first-order valence-electron chi connectivity index (χ1n) is 6.97. The van der Waals surface area contributed by atoms with Gasteiger partial charge in [-0.05, 0) is 12.8 Å². The molecule has 0 spiro atoms. The number of nitrogens with one attached hydrogen (secondary N) is 2. The molecule has 1 aliphatic rings. The van der Waals surface area contributed by atoms with Gasteiger partial charge < -0.3 is 25.7 Å². The van der Waals surface area contributed by atoms with Crippen LogP contribution in [-0.2, 0) is 14.4 Å². The van der Waals surface area contributed by atoms with Crippen molar-refractivity contribution in [3.05, 3.63) is 0 Å². The summed E-state index contributed by atoms with van der Waals surface area (Å²) in [5, 5.41) is 23.8. The highest BCUT2D eigenvalue weighted by atomic mass is 16.4. The molecule has 4 N–H and O–H groups in total. The summed E-state index contributed by atoms with van der Waals surface area (Å²) < 4.78 is 0. The summed E-state index contributed by atoms with van der Waals surface area (Å²) in [5.41, 5.74) is 0. The van der Waals surface area contributed by atoms with Crippen molar-refractivity contribution < 1.29 is 24.6 Å². The Labute approximate surface area is 123 Å². The van der Waals surface area contributed by atoms with Gasteiger partial charge in [0.1, 0.15) is 18.2 Å². The standard InChI is InChI=1S/C13H23N3O5/c1-7(2)10(17)11(18)15-8(3)12(19)16-5-4-14-9(6-16)13(20)21/h7-10,14,17H,4-6H2,1-3H3,(H,15,18)(H,20,21)/t8-,9?,10-/m0/s1. The predicted molar refractivity (Wildman–Crippen MR) is 74.5 cm³/mol. The van der Waals surface area contributed by atoms with Crippen molar-refractivity contribution in [2.45, 2.75) is 39.0 Å². The van der Waals surface area contributed by atoms with Crippen LogP contribution in [0.1, 0.15) is 20.8 Å². The van der Waals surface area contributed by atoms with E-state index >= 15 is 0 Å². The molecule has 2 amide bonds. The average Bonchev–Trinajstić information content (AvgIpc) is 2.45. The molecule has 1 fully saturated rings. The fraction of sp³-hybridized carbons (Fsp3) is 0.769. The number of piperazine rings is 1. The second kappa shape index (κ2) is 7.37. The zero-order chi connectivity index (χ0) is 16.2. The van der Waals surface area contributed by atoms with Crippen LogP contribution in [0.4, 0.5) is 0 Å². The smallest absolute Gasteiger partial charge is 0.322 e. The highest BCUT2D eigenvalue weighted by Gasteiger charge is 2.31. The highest BCUT2D eigenvalue weighted by molar-refractivity contribution is 5.89. The average molecular weight is 301 g/mol. The van der Waals surface area contributed by atoms with Crippen LogP contribution in [0.2, 0.25) is 0 Å². The Bertz CT molecular complexity index is 413. The number of rotatable bonds is 5. The number of carboxylic acid groups (broad SMARTS) is 1. The van der Waals surface area contributed by atoms with Gasteiger partial charge in [-0.3, -0.25) is 14.4 Å². The number of aliphatic hydroxyl groups excluding tert-OH is 1. The van der Waals surface area contributed by atoms with Crippen molar-refractivity contribution >= 4 is 17.8 Å². The number of aliphatic hydroxyl groups is 1. The van der Waals surface area contributed by atoms with Gasteiger partial charge in [-0.25, -0.2) is 0 Å². The molecule has 0 aromatic rings. The third-order valence-electron chi connectivity index (χ3n) is 3.41. The molecule has 1 saturated heterocycles. The van der Waals surface area contributed by atoms with Gasteiger partial charge in [0.15, 0.2) is 0 Å². The van der Waals surface area contributed by atoms with Crippen LogP contribution >= 0.6 is 0 Å². The molecule has 8 heteroatoms. The maximum absolute atomic E-state index is 12.2. The summed E-state index contributed by atoms with van der Waals surface area (Å²) in [5.74, 6) is -2.22. The molecular weight excluding hydrogens is 278 g/mol. The summed E-state index contributed by atoms with van der Waals surface area (Å²) in [4.78, 5) is 36.3. The van der Waals surface area contributed by atoms with Crippen molar-refractivity contribution in [1.29, 1.82) is 0 Å². The Kier molecular flexibility index (Phi) is 6.10.